The van der Waals surface area contributed by atoms with Crippen LogP contribution in [-0.2, 0) is 17.6 Å². The van der Waals surface area contributed by atoms with Gasteiger partial charge < -0.3 is 16.0 Å². The highest BCUT2D eigenvalue weighted by molar-refractivity contribution is 5.90. The van der Waals surface area contributed by atoms with Gasteiger partial charge >= 0.3 is 0 Å². The molecule has 1 unspecified atom stereocenters. The van der Waals surface area contributed by atoms with E-state index in [0.717, 1.165) is 31.4 Å². The molecule has 0 aliphatic heterocycles. The molecule has 4 heteroatoms. The molecule has 0 spiro atoms. The lowest BCUT2D eigenvalue weighted by Crippen LogP contribution is -2.22. The Labute approximate surface area is 159 Å². The number of aryl methyl sites for hydroxylation is 2. The first-order valence-electron chi connectivity index (χ1n) is 9.52. The van der Waals surface area contributed by atoms with Gasteiger partial charge in [0.15, 0.2) is 0 Å². The lowest BCUT2D eigenvalue weighted by Gasteiger charge is -2.14. The lowest BCUT2D eigenvalue weighted by molar-refractivity contribution is -0.113. The number of carbonyl (C=O) groups is 1. The van der Waals surface area contributed by atoms with Crippen LogP contribution < -0.4 is 11.1 Å². The quantitative estimate of drug-likeness (QED) is 0.586. The van der Waals surface area contributed by atoms with Crippen molar-refractivity contribution in [2.75, 3.05) is 6.54 Å². The Morgan fingerprint density at radius 3 is 3.00 bits per heavy atom. The monoisotopic (exact) mass is 359 g/mol. The number of hydrogen-bond acceptors (Lipinski definition) is 2. The Bertz CT molecular complexity index is 1020. The van der Waals surface area contributed by atoms with Crippen LogP contribution in [0.4, 0.5) is 0 Å². The number of aromatic amines is 1. The number of nitrogens with two attached hydrogens (primary N) is 1. The van der Waals surface area contributed by atoms with Crippen LogP contribution in [0.2, 0.25) is 0 Å². The minimum Gasteiger partial charge on any atom is -0.366 e. The van der Waals surface area contributed by atoms with Crippen LogP contribution in [0.1, 0.15) is 40.4 Å². The molecular weight excluding hydrogens is 334 g/mol. The molecule has 0 radical (unpaired) electrons. The van der Waals surface area contributed by atoms with Crippen LogP contribution in [0.15, 0.2) is 48.5 Å². The Morgan fingerprint density at radius 1 is 1.30 bits per heavy atom. The van der Waals surface area contributed by atoms with E-state index in [0.29, 0.717) is 6.04 Å². The zero-order valence-corrected chi connectivity index (χ0v) is 15.6. The first-order chi connectivity index (χ1) is 13.1. The number of H-pyrrole nitrogens is 1. The SMILES string of the molecule is Cc1[nH]c2ccccc2c1CCNC1CCc2cc(/C=C/C(N)=O)ccc21. The molecule has 27 heavy (non-hydrogen) atoms. The molecule has 138 valence electrons. The zero-order chi connectivity index (χ0) is 18.8. The van der Waals surface area contributed by atoms with Crippen LogP contribution in [0.5, 0.6) is 0 Å². The Kier molecular flexibility index (Phi) is 4.82. The summed E-state index contributed by atoms with van der Waals surface area (Å²) in [5.41, 5.74) is 12.8. The number of aromatic nitrogens is 1. The molecule has 0 bridgehead atoms. The van der Waals surface area contributed by atoms with Crippen LogP contribution in [-0.4, -0.2) is 17.4 Å². The molecule has 0 fully saturated rings. The van der Waals surface area contributed by atoms with Gasteiger partial charge in [0, 0.05) is 28.7 Å². The smallest absolute Gasteiger partial charge is 0.241 e. The highest BCUT2D eigenvalue weighted by atomic mass is 16.1. The van der Waals surface area contributed by atoms with E-state index in [-0.39, 0.29) is 0 Å². The maximum Gasteiger partial charge on any atom is 0.241 e. The summed E-state index contributed by atoms with van der Waals surface area (Å²) in [4.78, 5) is 14.4. The van der Waals surface area contributed by atoms with Gasteiger partial charge in [-0.15, -0.1) is 0 Å². The summed E-state index contributed by atoms with van der Waals surface area (Å²) in [7, 11) is 0. The molecule has 3 aromatic rings. The van der Waals surface area contributed by atoms with Crippen molar-refractivity contribution in [1.29, 1.82) is 0 Å². The highest BCUT2D eigenvalue weighted by Crippen LogP contribution is 2.32. The molecule has 1 aromatic heterocycles. The summed E-state index contributed by atoms with van der Waals surface area (Å²) in [6.45, 7) is 3.11. The molecule has 1 atom stereocenters. The number of hydrogen-bond donors (Lipinski definition) is 3. The van der Waals surface area contributed by atoms with E-state index >= 15 is 0 Å². The number of primary amides is 1. The molecule has 0 saturated heterocycles. The average molecular weight is 359 g/mol. The molecule has 1 amide bonds. The van der Waals surface area contributed by atoms with Crippen molar-refractivity contribution in [2.24, 2.45) is 5.73 Å². The van der Waals surface area contributed by atoms with Crippen molar-refractivity contribution in [1.82, 2.24) is 10.3 Å². The maximum absolute atomic E-state index is 10.9. The number of carbonyl (C=O) groups excluding carboxylic acids is 1. The summed E-state index contributed by atoms with van der Waals surface area (Å²) in [6, 6.07) is 15.3. The van der Waals surface area contributed by atoms with Gasteiger partial charge in [0.05, 0.1) is 0 Å². The fourth-order valence-electron chi connectivity index (χ4n) is 4.16. The van der Waals surface area contributed by atoms with Gasteiger partial charge in [0.2, 0.25) is 5.91 Å². The molecular formula is C23H25N3O. The van der Waals surface area contributed by atoms with E-state index in [1.54, 1.807) is 6.08 Å². The summed E-state index contributed by atoms with van der Waals surface area (Å²) >= 11 is 0. The largest absolute Gasteiger partial charge is 0.366 e. The minimum atomic E-state index is -0.414. The zero-order valence-electron chi connectivity index (χ0n) is 15.6. The van der Waals surface area contributed by atoms with Gasteiger partial charge in [-0.2, -0.15) is 0 Å². The first kappa shape index (κ1) is 17.6. The normalized spacial score (nSPS) is 16.3. The van der Waals surface area contributed by atoms with E-state index in [4.69, 9.17) is 5.73 Å². The third-order valence-electron chi connectivity index (χ3n) is 5.48. The number of fused-ring (bicyclic) bond motifs is 2. The highest BCUT2D eigenvalue weighted by Gasteiger charge is 2.22. The lowest BCUT2D eigenvalue weighted by atomic mass is 10.0. The first-order valence-corrected chi connectivity index (χ1v) is 9.52. The topological polar surface area (TPSA) is 70.9 Å². The van der Waals surface area contributed by atoms with E-state index < -0.39 is 5.91 Å². The van der Waals surface area contributed by atoms with Crippen molar-refractivity contribution in [2.45, 2.75) is 32.2 Å². The molecule has 2 aromatic carbocycles. The molecule has 1 aliphatic rings. The van der Waals surface area contributed by atoms with Gasteiger partial charge in [-0.25, -0.2) is 0 Å². The summed E-state index contributed by atoms with van der Waals surface area (Å²) in [5, 5.41) is 5.06. The van der Waals surface area contributed by atoms with Gasteiger partial charge in [-0.3, -0.25) is 4.79 Å². The molecule has 4 nitrogen and oxygen atoms in total. The van der Waals surface area contributed by atoms with Crippen LogP contribution in [0, 0.1) is 6.92 Å². The van der Waals surface area contributed by atoms with Crippen molar-refractivity contribution < 1.29 is 4.79 Å². The molecule has 4 rings (SSSR count). The summed E-state index contributed by atoms with van der Waals surface area (Å²) in [5.74, 6) is -0.414. The number of rotatable bonds is 6. The van der Waals surface area contributed by atoms with Crippen molar-refractivity contribution in [3.05, 3.63) is 76.5 Å². The second kappa shape index (κ2) is 7.41. The third-order valence-corrected chi connectivity index (χ3v) is 5.48. The molecule has 0 saturated carbocycles. The summed E-state index contributed by atoms with van der Waals surface area (Å²) in [6.07, 6.45) is 6.39. The predicted molar refractivity (Wildman–Crippen MR) is 110 cm³/mol. The fourth-order valence-corrected chi connectivity index (χ4v) is 4.16. The minimum absolute atomic E-state index is 0.402. The molecule has 1 aliphatic carbocycles. The average Bonchev–Trinajstić information content (AvgIpc) is 3.20. The van der Waals surface area contributed by atoms with Crippen LogP contribution in [0.3, 0.4) is 0 Å². The van der Waals surface area contributed by atoms with Gasteiger partial charge in [-0.1, -0.05) is 36.4 Å². The van der Waals surface area contributed by atoms with Gasteiger partial charge in [0.25, 0.3) is 0 Å². The van der Waals surface area contributed by atoms with Crippen molar-refractivity contribution in [3.8, 4) is 0 Å². The van der Waals surface area contributed by atoms with Gasteiger partial charge in [-0.05, 0) is 67.1 Å². The Balaban J connectivity index is 1.42. The third kappa shape index (κ3) is 3.67. The van der Waals surface area contributed by atoms with Gasteiger partial charge in [0.1, 0.15) is 0 Å². The van der Waals surface area contributed by atoms with E-state index in [1.807, 2.05) is 0 Å². The second-order valence-electron chi connectivity index (χ2n) is 7.26. The fraction of sp³-hybridized carbons (Fsp3) is 0.261. The van der Waals surface area contributed by atoms with Crippen LogP contribution >= 0.6 is 0 Å². The Morgan fingerprint density at radius 2 is 2.15 bits per heavy atom. The number of nitrogens with one attached hydrogen (secondary N) is 2. The number of amides is 1. The molecule has 4 N–H and O–H groups in total. The maximum atomic E-state index is 10.9. The standard InChI is InChI=1S/C23H25N3O/c1-15-18(20-4-2-3-5-22(20)26-15)12-13-25-21-10-8-17-14-16(6-9-19(17)21)7-11-23(24)27/h2-7,9,11,14,21,25-26H,8,10,12-13H2,1H3,(H2,24,27)/b11-7+. The molecule has 1 heterocycles. The van der Waals surface area contributed by atoms with Crippen molar-refractivity contribution in [3.63, 3.8) is 0 Å². The van der Waals surface area contributed by atoms with E-state index in [2.05, 4.69) is 59.7 Å². The van der Waals surface area contributed by atoms with E-state index in [1.165, 1.54) is 39.4 Å². The number of benzene rings is 2. The van der Waals surface area contributed by atoms with E-state index in [9.17, 15) is 4.79 Å². The second-order valence-corrected chi connectivity index (χ2v) is 7.26. The van der Waals surface area contributed by atoms with Crippen LogP contribution in [0.25, 0.3) is 17.0 Å². The van der Waals surface area contributed by atoms with Crippen molar-refractivity contribution >= 4 is 22.9 Å². The predicted octanol–water partition coefficient (Wildman–Crippen LogP) is 3.79. The Hall–Kier alpha value is -2.85. The summed E-state index contributed by atoms with van der Waals surface area (Å²) < 4.78 is 0. The number of para-hydroxylation sites is 1.